The van der Waals surface area contributed by atoms with Gasteiger partial charge in [0.25, 0.3) is 0 Å². The van der Waals surface area contributed by atoms with Crippen molar-refractivity contribution in [3.05, 3.63) is 90.8 Å². The third-order valence-corrected chi connectivity index (χ3v) is 9.60. The Morgan fingerprint density at radius 1 is 1.19 bits per heavy atom. The van der Waals surface area contributed by atoms with Crippen molar-refractivity contribution >= 4 is 52.4 Å². The number of benzene rings is 2. The second-order valence-electron chi connectivity index (χ2n) is 9.32. The Balaban J connectivity index is 1.25. The molecule has 4 heterocycles. The number of halogens is 1. The van der Waals surface area contributed by atoms with E-state index in [4.69, 9.17) is 4.98 Å². The number of carbonyl (C=O) groups excluding carboxylic acids is 1. The van der Waals surface area contributed by atoms with Crippen LogP contribution in [0, 0.1) is 5.82 Å². The predicted molar refractivity (Wildman–Crippen MR) is 144 cm³/mol. The van der Waals surface area contributed by atoms with Crippen LogP contribution in [0.3, 0.4) is 0 Å². The molecular formula is C28H26AsFN6O. The SMILES string of the molecule is C=CC(=O)N1CCC(c2c[nH]c3ncnc([AsH]c4ccc5c(cnn5Cc5cccc(F)c5)c4)c23)CC1. The van der Waals surface area contributed by atoms with E-state index in [1.54, 1.807) is 18.5 Å². The summed E-state index contributed by atoms with van der Waals surface area (Å²) in [6.45, 7) is 5.60. The van der Waals surface area contributed by atoms with Crippen LogP contribution in [-0.2, 0) is 11.3 Å². The van der Waals surface area contributed by atoms with Gasteiger partial charge in [-0.3, -0.25) is 0 Å². The first kappa shape index (κ1) is 23.6. The molecule has 9 heteroatoms. The van der Waals surface area contributed by atoms with Gasteiger partial charge in [0, 0.05) is 0 Å². The number of rotatable bonds is 6. The zero-order valence-electron chi connectivity index (χ0n) is 20.2. The van der Waals surface area contributed by atoms with E-state index < -0.39 is 15.8 Å². The second kappa shape index (κ2) is 9.94. The number of fused-ring (bicyclic) bond motifs is 2. The van der Waals surface area contributed by atoms with Crippen molar-refractivity contribution in [1.29, 1.82) is 0 Å². The number of carbonyl (C=O) groups is 1. The number of piperidine rings is 1. The Hall–Kier alpha value is -3.77. The molecule has 1 saturated heterocycles. The van der Waals surface area contributed by atoms with Crippen LogP contribution in [-0.4, -0.2) is 64.4 Å². The quantitative estimate of drug-likeness (QED) is 0.258. The number of H-pyrrole nitrogens is 1. The molecule has 1 atom stereocenters. The topological polar surface area (TPSA) is 79.7 Å². The average molecular weight is 556 g/mol. The molecule has 0 bridgehead atoms. The first-order chi connectivity index (χ1) is 18.1. The maximum atomic E-state index is 13.6. The number of hydrogen-bond donors (Lipinski definition) is 1. The number of nitrogens with one attached hydrogen (secondary N) is 1. The van der Waals surface area contributed by atoms with Gasteiger partial charge in [0.2, 0.25) is 0 Å². The van der Waals surface area contributed by atoms with Gasteiger partial charge in [0.15, 0.2) is 0 Å². The second-order valence-corrected chi connectivity index (χ2v) is 12.1. The summed E-state index contributed by atoms with van der Waals surface area (Å²) in [4.78, 5) is 26.4. The van der Waals surface area contributed by atoms with Crippen LogP contribution in [0.25, 0.3) is 21.9 Å². The summed E-state index contributed by atoms with van der Waals surface area (Å²) in [5, 5.41) is 6.76. The molecule has 37 heavy (non-hydrogen) atoms. The van der Waals surface area contributed by atoms with E-state index >= 15 is 0 Å². The van der Waals surface area contributed by atoms with Crippen molar-refractivity contribution < 1.29 is 9.18 Å². The summed E-state index contributed by atoms with van der Waals surface area (Å²) >= 11 is -0.732. The normalized spacial score (nSPS) is 14.8. The Kier molecular flexibility index (Phi) is 6.35. The third kappa shape index (κ3) is 4.69. The molecule has 5 aromatic rings. The first-order valence-corrected chi connectivity index (χ1v) is 14.4. The van der Waals surface area contributed by atoms with E-state index in [2.05, 4.69) is 46.0 Å². The molecule has 0 spiro atoms. The zero-order chi connectivity index (χ0) is 25.4. The molecule has 1 fully saturated rings. The van der Waals surface area contributed by atoms with Crippen molar-refractivity contribution in [2.45, 2.75) is 25.3 Å². The molecular weight excluding hydrogens is 530 g/mol. The van der Waals surface area contributed by atoms with E-state index in [0.29, 0.717) is 12.5 Å². The Labute approximate surface area is 220 Å². The van der Waals surface area contributed by atoms with Gasteiger partial charge in [0.1, 0.15) is 0 Å². The van der Waals surface area contributed by atoms with Crippen LogP contribution in [0.4, 0.5) is 4.39 Å². The van der Waals surface area contributed by atoms with Gasteiger partial charge in [-0.25, -0.2) is 0 Å². The molecule has 3 aromatic heterocycles. The number of likely N-dealkylation sites (tertiary alicyclic amines) is 1. The monoisotopic (exact) mass is 556 g/mol. The van der Waals surface area contributed by atoms with E-state index in [9.17, 15) is 9.18 Å². The summed E-state index contributed by atoms with van der Waals surface area (Å²) in [6, 6.07) is 13.1. The fourth-order valence-corrected chi connectivity index (χ4v) is 7.65. The maximum absolute atomic E-state index is 13.6. The molecule has 1 aliphatic rings. The van der Waals surface area contributed by atoms with Gasteiger partial charge >= 0.3 is 220 Å². The standard InChI is InChI=1S/C28H26AsFN6O/c1-2-25(37)35-10-8-19(9-11-35)23-15-31-28-26(23)27(32-17-33-28)29-21-6-7-24-20(13-21)14-34-36(24)16-18-4-3-5-22(30)12-18/h2-7,12-15,17,19,29H,1,8-11,16H2,(H,31,32,33). The molecule has 0 radical (unpaired) electrons. The summed E-state index contributed by atoms with van der Waals surface area (Å²) < 4.78 is 17.9. The van der Waals surface area contributed by atoms with Gasteiger partial charge < -0.3 is 0 Å². The van der Waals surface area contributed by atoms with Crippen molar-refractivity contribution in [2.24, 2.45) is 0 Å². The van der Waals surface area contributed by atoms with Crippen molar-refractivity contribution in [2.75, 3.05) is 13.1 Å². The van der Waals surface area contributed by atoms with Crippen LogP contribution < -0.4 is 8.83 Å². The van der Waals surface area contributed by atoms with Crippen molar-refractivity contribution in [3.63, 3.8) is 0 Å². The summed E-state index contributed by atoms with van der Waals surface area (Å²) in [5.74, 6) is 0.128. The molecule has 1 aliphatic heterocycles. The van der Waals surface area contributed by atoms with Crippen LogP contribution in [0.2, 0.25) is 0 Å². The van der Waals surface area contributed by atoms with Gasteiger partial charge in [-0.05, 0) is 0 Å². The van der Waals surface area contributed by atoms with E-state index in [-0.39, 0.29) is 11.7 Å². The van der Waals surface area contributed by atoms with Crippen LogP contribution in [0.15, 0.2) is 73.8 Å². The van der Waals surface area contributed by atoms with E-state index in [1.165, 1.54) is 22.1 Å². The minimum absolute atomic E-state index is 0.00251. The number of amides is 1. The molecule has 0 saturated carbocycles. The molecule has 1 unspecified atom stereocenters. The molecule has 186 valence electrons. The fraction of sp³-hybridized carbons (Fsp3) is 0.214. The minimum atomic E-state index is -0.732. The van der Waals surface area contributed by atoms with Crippen molar-refractivity contribution in [1.82, 2.24) is 29.6 Å². The van der Waals surface area contributed by atoms with E-state index in [0.717, 1.165) is 57.9 Å². The number of aromatic nitrogens is 5. The van der Waals surface area contributed by atoms with Crippen molar-refractivity contribution in [3.8, 4) is 0 Å². The molecule has 7 nitrogen and oxygen atoms in total. The van der Waals surface area contributed by atoms with Crippen LogP contribution in [0.5, 0.6) is 0 Å². The van der Waals surface area contributed by atoms with Gasteiger partial charge in [-0.1, -0.05) is 0 Å². The average Bonchev–Trinajstić information content (AvgIpc) is 3.53. The number of aromatic amines is 1. The molecule has 6 rings (SSSR count). The zero-order valence-corrected chi connectivity index (χ0v) is 22.3. The van der Waals surface area contributed by atoms with Crippen LogP contribution >= 0.6 is 0 Å². The Morgan fingerprint density at radius 2 is 2.05 bits per heavy atom. The molecule has 1 N–H and O–H groups in total. The van der Waals surface area contributed by atoms with Crippen LogP contribution in [0.1, 0.15) is 29.9 Å². The summed E-state index contributed by atoms with van der Waals surface area (Å²) in [5.41, 5.74) is 4.03. The van der Waals surface area contributed by atoms with E-state index in [1.807, 2.05) is 21.8 Å². The predicted octanol–water partition coefficient (Wildman–Crippen LogP) is 2.77. The Morgan fingerprint density at radius 3 is 2.86 bits per heavy atom. The number of hydrogen-bond acceptors (Lipinski definition) is 4. The van der Waals surface area contributed by atoms with Gasteiger partial charge in [-0.2, -0.15) is 0 Å². The van der Waals surface area contributed by atoms with Gasteiger partial charge in [-0.15, -0.1) is 0 Å². The summed E-state index contributed by atoms with van der Waals surface area (Å²) in [7, 11) is 0. The summed E-state index contributed by atoms with van der Waals surface area (Å²) in [6.07, 6.45) is 8.81. The molecule has 0 aliphatic carbocycles. The fourth-order valence-electron chi connectivity index (χ4n) is 5.18. The first-order valence-electron chi connectivity index (χ1n) is 12.3. The Bertz CT molecular complexity index is 1620. The molecule has 2 aromatic carbocycles. The van der Waals surface area contributed by atoms with Gasteiger partial charge in [0.05, 0.1) is 0 Å². The third-order valence-electron chi connectivity index (χ3n) is 7.05. The number of nitrogens with zero attached hydrogens (tertiary/aromatic N) is 5. The molecule has 1 amide bonds.